The lowest BCUT2D eigenvalue weighted by Crippen LogP contribution is -2.14. The normalized spacial score (nSPS) is 10.7. The Morgan fingerprint density at radius 1 is 1.16 bits per heavy atom. The summed E-state index contributed by atoms with van der Waals surface area (Å²) in [4.78, 5) is 16.4. The van der Waals surface area contributed by atoms with Crippen LogP contribution in [0.4, 0.5) is 10.1 Å². The second kappa shape index (κ2) is 7.25. The van der Waals surface area contributed by atoms with Crippen molar-refractivity contribution in [2.75, 3.05) is 5.32 Å². The van der Waals surface area contributed by atoms with Crippen LogP contribution in [0.15, 0.2) is 47.0 Å². The Labute approximate surface area is 144 Å². The van der Waals surface area contributed by atoms with Crippen LogP contribution in [-0.2, 0) is 11.2 Å². The van der Waals surface area contributed by atoms with E-state index < -0.39 is 0 Å². The highest BCUT2D eigenvalue weighted by Crippen LogP contribution is 2.20. The lowest BCUT2D eigenvalue weighted by molar-refractivity contribution is -0.116. The molecule has 25 heavy (non-hydrogen) atoms. The average Bonchev–Trinajstić information content (AvgIpc) is 3.06. The van der Waals surface area contributed by atoms with Crippen molar-refractivity contribution in [3.05, 3.63) is 65.3 Å². The standard InChI is InChI=1S/C19H18FN3O2/c1-12-5-3-6-13(2)18(12)21-16(24)9-10-17-22-19(23-25-17)14-7-4-8-15(20)11-14/h3-8,11H,9-10H2,1-2H3,(H,21,24). The van der Waals surface area contributed by atoms with Crippen LogP contribution in [0.3, 0.4) is 0 Å². The zero-order valence-electron chi connectivity index (χ0n) is 14.0. The first-order valence-electron chi connectivity index (χ1n) is 7.97. The first-order chi connectivity index (χ1) is 12.0. The van der Waals surface area contributed by atoms with Crippen molar-refractivity contribution < 1.29 is 13.7 Å². The third-order valence-corrected chi connectivity index (χ3v) is 3.86. The van der Waals surface area contributed by atoms with Gasteiger partial charge in [0.2, 0.25) is 17.6 Å². The molecule has 0 saturated carbocycles. The van der Waals surface area contributed by atoms with Gasteiger partial charge in [-0.3, -0.25) is 4.79 Å². The van der Waals surface area contributed by atoms with E-state index in [1.54, 1.807) is 12.1 Å². The molecular formula is C19H18FN3O2. The molecule has 0 atom stereocenters. The van der Waals surface area contributed by atoms with Gasteiger partial charge in [0.05, 0.1) is 0 Å². The summed E-state index contributed by atoms with van der Waals surface area (Å²) in [5, 5.41) is 6.75. The molecule has 1 heterocycles. The third-order valence-electron chi connectivity index (χ3n) is 3.86. The zero-order chi connectivity index (χ0) is 17.8. The van der Waals surface area contributed by atoms with Crippen LogP contribution in [0.5, 0.6) is 0 Å². The maximum atomic E-state index is 13.2. The predicted molar refractivity (Wildman–Crippen MR) is 92.6 cm³/mol. The van der Waals surface area contributed by atoms with E-state index >= 15 is 0 Å². The van der Waals surface area contributed by atoms with E-state index in [1.165, 1.54) is 12.1 Å². The average molecular weight is 339 g/mol. The number of benzene rings is 2. The minimum Gasteiger partial charge on any atom is -0.339 e. The highest BCUT2D eigenvalue weighted by Gasteiger charge is 2.12. The molecule has 6 heteroatoms. The van der Waals surface area contributed by atoms with E-state index in [0.717, 1.165) is 16.8 Å². The molecule has 0 aliphatic heterocycles. The number of halogens is 1. The summed E-state index contributed by atoms with van der Waals surface area (Å²) < 4.78 is 18.4. The summed E-state index contributed by atoms with van der Waals surface area (Å²) in [6.07, 6.45) is 0.539. The van der Waals surface area contributed by atoms with Gasteiger partial charge in [0.15, 0.2) is 0 Å². The number of carbonyl (C=O) groups excluding carboxylic acids is 1. The van der Waals surface area contributed by atoms with E-state index in [1.807, 2.05) is 32.0 Å². The topological polar surface area (TPSA) is 68.0 Å². The summed E-state index contributed by atoms with van der Waals surface area (Å²) >= 11 is 0. The van der Waals surface area contributed by atoms with E-state index in [9.17, 15) is 9.18 Å². The smallest absolute Gasteiger partial charge is 0.227 e. The second-order valence-electron chi connectivity index (χ2n) is 5.84. The number of hydrogen-bond acceptors (Lipinski definition) is 4. The number of nitrogens with zero attached hydrogens (tertiary/aromatic N) is 2. The number of nitrogens with one attached hydrogen (secondary N) is 1. The van der Waals surface area contributed by atoms with Crippen molar-refractivity contribution in [3.63, 3.8) is 0 Å². The summed E-state index contributed by atoms with van der Waals surface area (Å²) in [6, 6.07) is 11.8. The van der Waals surface area contributed by atoms with Gasteiger partial charge in [0.1, 0.15) is 5.82 Å². The highest BCUT2D eigenvalue weighted by molar-refractivity contribution is 5.92. The predicted octanol–water partition coefficient (Wildman–Crippen LogP) is 4.06. The Hall–Kier alpha value is -3.02. The molecule has 3 rings (SSSR count). The van der Waals surface area contributed by atoms with Crippen LogP contribution in [0.25, 0.3) is 11.4 Å². The van der Waals surface area contributed by atoms with Gasteiger partial charge in [-0.05, 0) is 37.1 Å². The lowest BCUT2D eigenvalue weighted by atomic mass is 10.1. The Morgan fingerprint density at radius 3 is 2.60 bits per heavy atom. The summed E-state index contributed by atoms with van der Waals surface area (Å²) in [6.45, 7) is 3.90. The number of hydrogen-bond donors (Lipinski definition) is 1. The van der Waals surface area contributed by atoms with E-state index in [-0.39, 0.29) is 18.1 Å². The lowest BCUT2D eigenvalue weighted by Gasteiger charge is -2.10. The fraction of sp³-hybridized carbons (Fsp3) is 0.211. The number of amides is 1. The number of aryl methyl sites for hydroxylation is 3. The molecule has 5 nitrogen and oxygen atoms in total. The molecule has 2 aromatic carbocycles. The molecule has 0 aliphatic rings. The zero-order valence-corrected chi connectivity index (χ0v) is 14.0. The van der Waals surface area contributed by atoms with Crippen LogP contribution < -0.4 is 5.32 Å². The van der Waals surface area contributed by atoms with Crippen molar-refractivity contribution in [2.45, 2.75) is 26.7 Å². The molecule has 0 bridgehead atoms. The van der Waals surface area contributed by atoms with Crippen molar-refractivity contribution in [3.8, 4) is 11.4 Å². The second-order valence-corrected chi connectivity index (χ2v) is 5.84. The van der Waals surface area contributed by atoms with Crippen LogP contribution in [0, 0.1) is 19.7 Å². The number of carbonyl (C=O) groups is 1. The molecule has 0 spiro atoms. The third kappa shape index (κ3) is 4.09. The monoisotopic (exact) mass is 339 g/mol. The molecule has 1 N–H and O–H groups in total. The number of aromatic nitrogens is 2. The molecule has 3 aromatic rings. The van der Waals surface area contributed by atoms with Gasteiger partial charge in [0.25, 0.3) is 0 Å². The molecule has 0 aliphatic carbocycles. The maximum Gasteiger partial charge on any atom is 0.227 e. The minimum atomic E-state index is -0.364. The molecule has 0 radical (unpaired) electrons. The number of rotatable bonds is 5. The van der Waals surface area contributed by atoms with Gasteiger partial charge in [-0.1, -0.05) is 35.5 Å². The SMILES string of the molecule is Cc1cccc(C)c1NC(=O)CCc1nc(-c2cccc(F)c2)no1. The Morgan fingerprint density at radius 2 is 1.88 bits per heavy atom. The molecule has 0 saturated heterocycles. The van der Waals surface area contributed by atoms with Crippen LogP contribution in [0.2, 0.25) is 0 Å². The Balaban J connectivity index is 1.61. The van der Waals surface area contributed by atoms with Crippen LogP contribution >= 0.6 is 0 Å². The Kier molecular flexibility index (Phi) is 4.88. The van der Waals surface area contributed by atoms with Gasteiger partial charge in [0, 0.05) is 24.1 Å². The van der Waals surface area contributed by atoms with E-state index in [0.29, 0.717) is 23.7 Å². The minimum absolute atomic E-state index is 0.122. The fourth-order valence-electron chi connectivity index (χ4n) is 2.54. The summed E-state index contributed by atoms with van der Waals surface area (Å²) in [7, 11) is 0. The van der Waals surface area contributed by atoms with Crippen molar-refractivity contribution >= 4 is 11.6 Å². The van der Waals surface area contributed by atoms with E-state index in [4.69, 9.17) is 4.52 Å². The Bertz CT molecular complexity index is 885. The number of anilines is 1. The molecule has 1 amide bonds. The maximum absolute atomic E-state index is 13.2. The van der Waals surface area contributed by atoms with Crippen molar-refractivity contribution in [1.82, 2.24) is 10.1 Å². The fourth-order valence-corrected chi connectivity index (χ4v) is 2.54. The first kappa shape index (κ1) is 16.8. The number of para-hydroxylation sites is 1. The van der Waals surface area contributed by atoms with Gasteiger partial charge >= 0.3 is 0 Å². The molecular weight excluding hydrogens is 321 g/mol. The van der Waals surface area contributed by atoms with Crippen LogP contribution in [-0.4, -0.2) is 16.0 Å². The summed E-state index contributed by atoms with van der Waals surface area (Å²) in [5.41, 5.74) is 3.40. The molecule has 128 valence electrons. The van der Waals surface area contributed by atoms with E-state index in [2.05, 4.69) is 15.5 Å². The van der Waals surface area contributed by atoms with Crippen LogP contribution in [0.1, 0.15) is 23.4 Å². The van der Waals surface area contributed by atoms with Gasteiger partial charge < -0.3 is 9.84 Å². The quantitative estimate of drug-likeness (QED) is 0.761. The van der Waals surface area contributed by atoms with Gasteiger partial charge in [-0.25, -0.2) is 4.39 Å². The molecule has 0 unspecified atom stereocenters. The summed E-state index contributed by atoms with van der Waals surface area (Å²) in [5.74, 6) is 0.167. The van der Waals surface area contributed by atoms with Gasteiger partial charge in [-0.2, -0.15) is 4.98 Å². The van der Waals surface area contributed by atoms with Gasteiger partial charge in [-0.15, -0.1) is 0 Å². The molecule has 0 fully saturated rings. The molecule has 1 aromatic heterocycles. The van der Waals surface area contributed by atoms with Crippen molar-refractivity contribution in [2.24, 2.45) is 0 Å². The highest BCUT2D eigenvalue weighted by atomic mass is 19.1. The first-order valence-corrected chi connectivity index (χ1v) is 7.97. The largest absolute Gasteiger partial charge is 0.339 e. The van der Waals surface area contributed by atoms with Crippen molar-refractivity contribution in [1.29, 1.82) is 0 Å².